The van der Waals surface area contributed by atoms with Gasteiger partial charge in [0, 0.05) is 57.3 Å². The quantitative estimate of drug-likeness (QED) is 0.158. The molecule has 306 valence electrons. The Morgan fingerprint density at radius 3 is 1.57 bits per heavy atom. The predicted molar refractivity (Wildman–Crippen MR) is 272 cm³/mol. The van der Waals surface area contributed by atoms with Gasteiger partial charge in [-0.2, -0.15) is 0 Å². The lowest BCUT2D eigenvalue weighted by Crippen LogP contribution is -2.26. The normalized spacial score (nSPS) is 15.4. The Hall–Kier alpha value is -8.40. The lowest BCUT2D eigenvalue weighted by atomic mass is 9.70. The van der Waals surface area contributed by atoms with Gasteiger partial charge in [-0.15, -0.1) is 0 Å². The summed E-state index contributed by atoms with van der Waals surface area (Å²) in [6.07, 6.45) is 0. The van der Waals surface area contributed by atoms with Crippen molar-refractivity contribution in [3.05, 3.63) is 265 Å². The summed E-state index contributed by atoms with van der Waals surface area (Å²) in [4.78, 5) is 4.23. The van der Waals surface area contributed by atoms with E-state index in [9.17, 15) is 2.74 Å². The van der Waals surface area contributed by atoms with Gasteiger partial charge in [0.2, 0.25) is 0 Å². The fourth-order valence-corrected chi connectivity index (χ4v) is 11.0. The van der Waals surface area contributed by atoms with Crippen LogP contribution in [0, 0.1) is 0 Å². The van der Waals surface area contributed by atoms with Gasteiger partial charge in [0.05, 0.1) is 23.5 Å². The highest BCUT2D eigenvalue weighted by Crippen LogP contribution is 2.64. The zero-order valence-electron chi connectivity index (χ0n) is 40.5. The van der Waals surface area contributed by atoms with Crippen molar-refractivity contribution in [2.24, 2.45) is 7.05 Å². The third-order valence-corrected chi connectivity index (χ3v) is 13.7. The average molecular weight is 835 g/mol. The summed E-state index contributed by atoms with van der Waals surface area (Å²) >= 11 is 0. The average Bonchev–Trinajstić information content (AvgIpc) is 3.99. The minimum Gasteiger partial charge on any atom is -0.344 e. The van der Waals surface area contributed by atoms with Crippen molar-refractivity contribution in [3.63, 3.8) is 0 Å². The Morgan fingerprint density at radius 2 is 0.877 bits per heavy atom. The lowest BCUT2D eigenvalue weighted by molar-refractivity contribution is 0.793. The lowest BCUT2D eigenvalue weighted by Gasteiger charge is -2.33. The standard InChI is InChI=1S/C62H43N3/c1-63-59-31-17-14-28-53(59)54-38-35-47(41-61(54)63)65(60-32-18-13-25-48(60)42-19-5-2-6-20-42)46-34-37-52-50-27-12-16-30-56(50)62(58(52)40-46)55-29-15-11-26-49(55)51-36-33-45(39-57(51)62)64(43-21-7-3-8-22-43)44-23-9-4-10-24-44/h2-41H,1H3/i3D,7D,8D,21D,22D. The van der Waals surface area contributed by atoms with Crippen LogP contribution in [0.2, 0.25) is 0 Å². The number of para-hydroxylation sites is 4. The minimum absolute atomic E-state index is 0.0898. The second-order valence-corrected chi connectivity index (χ2v) is 16.9. The Labute approximate surface area is 386 Å². The van der Waals surface area contributed by atoms with Crippen LogP contribution in [0.3, 0.4) is 0 Å². The van der Waals surface area contributed by atoms with Crippen LogP contribution in [-0.2, 0) is 12.5 Å². The number of benzene rings is 10. The van der Waals surface area contributed by atoms with Gasteiger partial charge in [-0.3, -0.25) is 0 Å². The second kappa shape index (κ2) is 14.6. The summed E-state index contributed by atoms with van der Waals surface area (Å²) in [5.74, 6) is 0. The summed E-state index contributed by atoms with van der Waals surface area (Å²) in [6.45, 7) is 0. The summed E-state index contributed by atoms with van der Waals surface area (Å²) in [5.41, 5.74) is 17.3. The van der Waals surface area contributed by atoms with Gasteiger partial charge in [-0.25, -0.2) is 0 Å². The molecule has 1 aromatic heterocycles. The maximum Gasteiger partial charge on any atom is 0.0727 e. The van der Waals surface area contributed by atoms with E-state index in [0.29, 0.717) is 11.4 Å². The van der Waals surface area contributed by atoms with Gasteiger partial charge in [0.15, 0.2) is 0 Å². The van der Waals surface area contributed by atoms with Crippen LogP contribution in [0.4, 0.5) is 34.1 Å². The van der Waals surface area contributed by atoms with Crippen molar-refractivity contribution in [2.75, 3.05) is 9.80 Å². The van der Waals surface area contributed by atoms with E-state index in [1.54, 1.807) is 0 Å². The monoisotopic (exact) mass is 834 g/mol. The van der Waals surface area contributed by atoms with Crippen LogP contribution in [0.1, 0.15) is 29.1 Å². The SMILES string of the molecule is [2H]c1c([2H])c([2H])c(N(c2ccccc2)c2ccc3c(c2)C2(c4ccccc4-c4ccc(N(c5ccc6c7ccccc7n(C)c6c5)c5ccccc5-c5ccccc5)cc42)c2ccccc2-3)c([2H])c1[2H]. The zero-order chi connectivity index (χ0) is 47.4. The Morgan fingerprint density at radius 1 is 0.369 bits per heavy atom. The highest BCUT2D eigenvalue weighted by molar-refractivity contribution is 6.09. The number of hydrogen-bond acceptors (Lipinski definition) is 2. The number of aryl methyl sites for hydroxylation is 1. The molecule has 3 heteroatoms. The second-order valence-electron chi connectivity index (χ2n) is 16.9. The van der Waals surface area contributed by atoms with Crippen LogP contribution >= 0.6 is 0 Å². The van der Waals surface area contributed by atoms with Crippen molar-refractivity contribution in [1.29, 1.82) is 0 Å². The molecule has 0 bridgehead atoms. The van der Waals surface area contributed by atoms with E-state index in [4.69, 9.17) is 4.11 Å². The van der Waals surface area contributed by atoms with Crippen LogP contribution in [0.15, 0.2) is 243 Å². The van der Waals surface area contributed by atoms with Crippen LogP contribution in [0.25, 0.3) is 55.2 Å². The first-order valence-corrected chi connectivity index (χ1v) is 22.1. The Bertz CT molecular complexity index is 3900. The first kappa shape index (κ1) is 32.3. The molecule has 0 amide bonds. The Kier molecular flexibility index (Phi) is 7.25. The van der Waals surface area contributed by atoms with E-state index in [0.717, 1.165) is 78.2 Å². The molecule has 0 N–H and O–H groups in total. The molecule has 0 radical (unpaired) electrons. The molecule has 1 atom stereocenters. The molecule has 0 aliphatic heterocycles. The first-order chi connectivity index (χ1) is 34.3. The number of anilines is 6. The Balaban J connectivity index is 1.09. The van der Waals surface area contributed by atoms with Gasteiger partial charge in [-0.1, -0.05) is 170 Å². The summed E-state index contributed by atoms with van der Waals surface area (Å²) in [6, 6.07) is 73.2. The highest BCUT2D eigenvalue weighted by Gasteiger charge is 2.52. The molecule has 2 aliphatic rings. The number of rotatable bonds is 7. The fourth-order valence-electron chi connectivity index (χ4n) is 11.0. The third-order valence-electron chi connectivity index (χ3n) is 13.7. The highest BCUT2D eigenvalue weighted by atomic mass is 15.2. The van der Waals surface area contributed by atoms with Crippen molar-refractivity contribution in [1.82, 2.24) is 4.57 Å². The molecular formula is C62H43N3. The molecular weight excluding hydrogens is 787 g/mol. The van der Waals surface area contributed by atoms with Gasteiger partial charge in [0.25, 0.3) is 0 Å². The molecule has 3 nitrogen and oxygen atoms in total. The summed E-state index contributed by atoms with van der Waals surface area (Å²) < 4.78 is 46.7. The molecule has 2 aliphatic carbocycles. The van der Waals surface area contributed by atoms with Crippen molar-refractivity contribution >= 4 is 55.9 Å². The zero-order valence-corrected chi connectivity index (χ0v) is 35.5. The topological polar surface area (TPSA) is 11.4 Å². The van der Waals surface area contributed by atoms with Crippen LogP contribution < -0.4 is 9.80 Å². The van der Waals surface area contributed by atoms with Crippen LogP contribution in [0.5, 0.6) is 0 Å². The molecule has 13 rings (SSSR count). The molecule has 1 heterocycles. The molecule has 0 fully saturated rings. The van der Waals surface area contributed by atoms with Gasteiger partial charge in [0.1, 0.15) is 0 Å². The number of fused-ring (bicyclic) bond motifs is 13. The number of hydrogen-bond donors (Lipinski definition) is 0. The van der Waals surface area contributed by atoms with E-state index >= 15 is 0 Å². The van der Waals surface area contributed by atoms with Crippen molar-refractivity contribution < 1.29 is 6.85 Å². The molecule has 0 saturated heterocycles. The van der Waals surface area contributed by atoms with E-state index in [1.807, 2.05) is 41.3 Å². The van der Waals surface area contributed by atoms with Gasteiger partial charge in [-0.05, 0) is 123 Å². The van der Waals surface area contributed by atoms with Gasteiger partial charge >= 0.3 is 0 Å². The van der Waals surface area contributed by atoms with Crippen molar-refractivity contribution in [3.8, 4) is 33.4 Å². The molecule has 0 saturated carbocycles. The van der Waals surface area contributed by atoms with E-state index < -0.39 is 11.5 Å². The summed E-state index contributed by atoms with van der Waals surface area (Å²) in [7, 11) is 2.15. The molecule has 65 heavy (non-hydrogen) atoms. The fraction of sp³-hybridized carbons (Fsp3) is 0.0323. The van der Waals surface area contributed by atoms with Crippen LogP contribution in [-0.4, -0.2) is 4.57 Å². The number of aromatic nitrogens is 1. The molecule has 10 aromatic carbocycles. The van der Waals surface area contributed by atoms with E-state index in [1.165, 1.54) is 16.3 Å². The van der Waals surface area contributed by atoms with E-state index in [2.05, 4.69) is 192 Å². The minimum atomic E-state index is -0.795. The first-order valence-electron chi connectivity index (χ1n) is 24.6. The third kappa shape index (κ3) is 5.49. The molecule has 1 unspecified atom stereocenters. The largest absolute Gasteiger partial charge is 0.344 e. The van der Waals surface area contributed by atoms with E-state index in [-0.39, 0.29) is 29.9 Å². The molecule has 1 spiro atoms. The maximum atomic E-state index is 9.22. The maximum absolute atomic E-state index is 9.22. The predicted octanol–water partition coefficient (Wildman–Crippen LogP) is 16.3. The van der Waals surface area contributed by atoms with Gasteiger partial charge < -0.3 is 14.4 Å². The number of nitrogens with zero attached hydrogens (tertiary/aromatic N) is 3. The smallest absolute Gasteiger partial charge is 0.0727 e. The van der Waals surface area contributed by atoms with Crippen molar-refractivity contribution in [2.45, 2.75) is 5.41 Å². The summed E-state index contributed by atoms with van der Waals surface area (Å²) in [5, 5.41) is 2.42. The molecule has 11 aromatic rings.